The van der Waals surface area contributed by atoms with Crippen molar-refractivity contribution in [3.05, 3.63) is 64.7 Å². The summed E-state index contributed by atoms with van der Waals surface area (Å²) in [6.45, 7) is 9.00. The third-order valence-corrected chi connectivity index (χ3v) is 6.57. The van der Waals surface area contributed by atoms with Crippen LogP contribution in [-0.2, 0) is 20.7 Å². The average molecular weight is 451 g/mol. The Balaban J connectivity index is 1.65. The summed E-state index contributed by atoms with van der Waals surface area (Å²) < 4.78 is 11.6. The third kappa shape index (κ3) is 5.06. The summed E-state index contributed by atoms with van der Waals surface area (Å²) in [5.41, 5.74) is 4.57. The monoisotopic (exact) mass is 450 g/mol. The van der Waals surface area contributed by atoms with Crippen molar-refractivity contribution in [2.75, 3.05) is 32.8 Å². The van der Waals surface area contributed by atoms with Crippen LogP contribution in [0.1, 0.15) is 55.0 Å². The van der Waals surface area contributed by atoms with E-state index in [0.29, 0.717) is 51.4 Å². The van der Waals surface area contributed by atoms with Crippen molar-refractivity contribution in [2.24, 2.45) is 0 Å². The Kier molecular flexibility index (Phi) is 7.33. The normalized spacial score (nSPS) is 19.1. The van der Waals surface area contributed by atoms with Crippen LogP contribution in [-0.4, -0.2) is 60.6 Å². The van der Waals surface area contributed by atoms with Crippen LogP contribution in [0.5, 0.6) is 5.75 Å². The maximum atomic E-state index is 13.0. The van der Waals surface area contributed by atoms with E-state index in [-0.39, 0.29) is 17.9 Å². The van der Waals surface area contributed by atoms with Crippen molar-refractivity contribution in [1.82, 2.24) is 9.80 Å². The quantitative estimate of drug-likeness (QED) is 0.670. The smallest absolute Gasteiger partial charge is 0.263 e. The average Bonchev–Trinajstić information content (AvgIpc) is 2.86. The molecule has 2 aliphatic heterocycles. The minimum atomic E-state index is -0.532. The number of nitrogens with zero attached hydrogens (tertiary/aromatic N) is 2. The van der Waals surface area contributed by atoms with Crippen molar-refractivity contribution in [2.45, 2.75) is 52.2 Å². The predicted octanol–water partition coefficient (Wildman–Crippen LogP) is 3.90. The highest BCUT2D eigenvalue weighted by Crippen LogP contribution is 2.38. The van der Waals surface area contributed by atoms with Crippen molar-refractivity contribution >= 4 is 11.8 Å². The fourth-order valence-corrected chi connectivity index (χ4v) is 4.80. The molecule has 0 aliphatic carbocycles. The van der Waals surface area contributed by atoms with E-state index in [9.17, 15) is 9.59 Å². The molecule has 33 heavy (non-hydrogen) atoms. The SMILES string of the molecule is CCC(=O)N1CCc2ccc(OC(CC)C(=O)N3CCOCC3)cc2C1c1cccc(C)c1. The minimum Gasteiger partial charge on any atom is -0.481 e. The van der Waals surface area contributed by atoms with Crippen LogP contribution in [0.3, 0.4) is 0 Å². The first kappa shape index (κ1) is 23.3. The molecule has 176 valence electrons. The summed E-state index contributed by atoms with van der Waals surface area (Å²) in [5, 5.41) is 0. The molecule has 2 aromatic rings. The highest BCUT2D eigenvalue weighted by molar-refractivity contribution is 5.81. The van der Waals surface area contributed by atoms with Crippen LogP contribution < -0.4 is 4.74 Å². The fraction of sp³-hybridized carbons (Fsp3) is 0.481. The van der Waals surface area contributed by atoms with Gasteiger partial charge in [0.05, 0.1) is 19.3 Å². The molecule has 2 heterocycles. The van der Waals surface area contributed by atoms with Gasteiger partial charge in [0.15, 0.2) is 6.10 Å². The van der Waals surface area contributed by atoms with Gasteiger partial charge in [-0.15, -0.1) is 0 Å². The second-order valence-electron chi connectivity index (χ2n) is 8.82. The summed E-state index contributed by atoms with van der Waals surface area (Å²) in [6.07, 6.45) is 1.35. The number of ether oxygens (including phenoxy) is 2. The molecule has 6 nitrogen and oxygen atoms in total. The summed E-state index contributed by atoms with van der Waals surface area (Å²) in [6, 6.07) is 14.3. The molecule has 0 radical (unpaired) electrons. The number of morpholine rings is 1. The fourth-order valence-electron chi connectivity index (χ4n) is 4.80. The Hall–Kier alpha value is -2.86. The zero-order valence-electron chi connectivity index (χ0n) is 19.9. The van der Waals surface area contributed by atoms with E-state index in [4.69, 9.17) is 9.47 Å². The first-order chi connectivity index (χ1) is 16.0. The van der Waals surface area contributed by atoms with E-state index >= 15 is 0 Å². The molecule has 2 unspecified atom stereocenters. The third-order valence-electron chi connectivity index (χ3n) is 6.57. The lowest BCUT2D eigenvalue weighted by Crippen LogP contribution is -2.47. The lowest BCUT2D eigenvalue weighted by molar-refractivity contribution is -0.143. The van der Waals surface area contributed by atoms with Crippen molar-refractivity contribution < 1.29 is 19.1 Å². The van der Waals surface area contributed by atoms with Gasteiger partial charge in [-0.05, 0) is 48.6 Å². The van der Waals surface area contributed by atoms with Crippen LogP contribution in [0.15, 0.2) is 42.5 Å². The minimum absolute atomic E-state index is 0.0107. The maximum absolute atomic E-state index is 13.0. The molecule has 2 atom stereocenters. The van der Waals surface area contributed by atoms with Gasteiger partial charge in [0, 0.05) is 26.1 Å². The topological polar surface area (TPSA) is 59.1 Å². The number of fused-ring (bicyclic) bond motifs is 1. The highest BCUT2D eigenvalue weighted by atomic mass is 16.5. The number of carbonyl (C=O) groups excluding carboxylic acids is 2. The summed E-state index contributed by atoms with van der Waals surface area (Å²) in [4.78, 5) is 29.7. The zero-order valence-corrected chi connectivity index (χ0v) is 19.9. The van der Waals surface area contributed by atoms with Gasteiger partial charge in [-0.2, -0.15) is 0 Å². The van der Waals surface area contributed by atoms with Crippen molar-refractivity contribution in [1.29, 1.82) is 0 Å². The van der Waals surface area contributed by atoms with Crippen LogP contribution in [0.4, 0.5) is 0 Å². The van der Waals surface area contributed by atoms with E-state index < -0.39 is 6.10 Å². The summed E-state index contributed by atoms with van der Waals surface area (Å²) >= 11 is 0. The molecule has 0 N–H and O–H groups in total. The summed E-state index contributed by atoms with van der Waals surface area (Å²) in [7, 11) is 0. The van der Waals surface area contributed by atoms with Gasteiger partial charge < -0.3 is 19.3 Å². The lowest BCUT2D eigenvalue weighted by Gasteiger charge is -2.38. The number of rotatable bonds is 6. The summed E-state index contributed by atoms with van der Waals surface area (Å²) in [5.74, 6) is 0.828. The first-order valence-electron chi connectivity index (χ1n) is 12.0. The second kappa shape index (κ2) is 10.4. The molecule has 4 rings (SSSR count). The van der Waals surface area contributed by atoms with E-state index in [1.807, 2.05) is 41.8 Å². The Morgan fingerprint density at radius 1 is 1.09 bits per heavy atom. The van der Waals surface area contributed by atoms with E-state index in [2.05, 4.69) is 31.2 Å². The molecular formula is C27H34N2O4. The van der Waals surface area contributed by atoms with Gasteiger partial charge in [0.1, 0.15) is 5.75 Å². The van der Waals surface area contributed by atoms with Crippen molar-refractivity contribution in [3.8, 4) is 5.75 Å². The number of hydrogen-bond acceptors (Lipinski definition) is 4. The molecule has 0 bridgehead atoms. The molecule has 1 saturated heterocycles. The van der Waals surface area contributed by atoms with Gasteiger partial charge in [-0.3, -0.25) is 9.59 Å². The van der Waals surface area contributed by atoms with E-state index in [1.165, 1.54) is 5.56 Å². The molecule has 0 spiro atoms. The highest BCUT2D eigenvalue weighted by Gasteiger charge is 2.32. The Morgan fingerprint density at radius 3 is 2.58 bits per heavy atom. The van der Waals surface area contributed by atoms with Gasteiger partial charge >= 0.3 is 0 Å². The molecule has 1 fully saturated rings. The number of hydrogen-bond donors (Lipinski definition) is 0. The number of amides is 2. The second-order valence-corrected chi connectivity index (χ2v) is 8.82. The standard InChI is InChI=1S/C27H34N2O4/c1-4-24(27(31)28-13-15-32-16-14-28)33-22-10-9-20-11-12-29(25(30)5-2)26(23(20)18-22)21-8-6-7-19(3)17-21/h6-10,17-18,24,26H,4-5,11-16H2,1-3H3. The molecule has 0 aromatic heterocycles. The van der Waals surface area contributed by atoms with Gasteiger partial charge in [-0.25, -0.2) is 0 Å². The molecule has 2 amide bonds. The largest absolute Gasteiger partial charge is 0.481 e. The number of carbonyl (C=O) groups is 2. The molecule has 0 saturated carbocycles. The number of benzene rings is 2. The van der Waals surface area contributed by atoms with Gasteiger partial charge in [-0.1, -0.05) is 49.7 Å². The van der Waals surface area contributed by atoms with Crippen LogP contribution >= 0.6 is 0 Å². The molecule has 2 aromatic carbocycles. The number of aryl methyl sites for hydroxylation is 1. The molecule has 2 aliphatic rings. The Bertz CT molecular complexity index is 999. The van der Waals surface area contributed by atoms with Crippen LogP contribution in [0, 0.1) is 6.92 Å². The van der Waals surface area contributed by atoms with Gasteiger partial charge in [0.2, 0.25) is 5.91 Å². The van der Waals surface area contributed by atoms with Crippen LogP contribution in [0.2, 0.25) is 0 Å². The van der Waals surface area contributed by atoms with E-state index in [1.54, 1.807) is 0 Å². The zero-order chi connectivity index (χ0) is 23.4. The molecular weight excluding hydrogens is 416 g/mol. The maximum Gasteiger partial charge on any atom is 0.263 e. The van der Waals surface area contributed by atoms with E-state index in [0.717, 1.165) is 23.1 Å². The van der Waals surface area contributed by atoms with Gasteiger partial charge in [0.25, 0.3) is 5.91 Å². The Morgan fingerprint density at radius 2 is 1.88 bits per heavy atom. The van der Waals surface area contributed by atoms with Crippen molar-refractivity contribution in [3.63, 3.8) is 0 Å². The lowest BCUT2D eigenvalue weighted by atomic mass is 9.87. The Labute approximate surface area is 196 Å². The molecule has 6 heteroatoms. The first-order valence-corrected chi connectivity index (χ1v) is 12.0. The predicted molar refractivity (Wildman–Crippen MR) is 127 cm³/mol. The van der Waals surface area contributed by atoms with Crippen LogP contribution in [0.25, 0.3) is 0 Å².